The van der Waals surface area contributed by atoms with Crippen molar-refractivity contribution in [2.45, 2.75) is 33.4 Å². The fraction of sp³-hybridized carbons (Fsp3) is 0.474. The van der Waals surface area contributed by atoms with Crippen LogP contribution in [0.3, 0.4) is 0 Å². The summed E-state index contributed by atoms with van der Waals surface area (Å²) in [6.07, 6.45) is 4.95. The van der Waals surface area contributed by atoms with Crippen LogP contribution in [0.5, 0.6) is 0 Å². The molecule has 1 aromatic carbocycles. The van der Waals surface area contributed by atoms with Crippen molar-refractivity contribution in [3.05, 3.63) is 48.3 Å². The number of halogens is 2. The maximum absolute atomic E-state index is 14.3. The van der Waals surface area contributed by atoms with E-state index in [2.05, 4.69) is 41.4 Å². The topological polar surface area (TPSA) is 63.5 Å². The zero-order valence-corrected chi connectivity index (χ0v) is 18.8. The van der Waals surface area contributed by atoms with Crippen molar-refractivity contribution >= 4 is 29.9 Å². The molecule has 2 rings (SSSR count). The van der Waals surface area contributed by atoms with E-state index in [9.17, 15) is 4.39 Å². The van der Waals surface area contributed by atoms with E-state index in [1.54, 1.807) is 43.5 Å². The van der Waals surface area contributed by atoms with Gasteiger partial charge in [-0.25, -0.2) is 9.37 Å². The number of aromatic nitrogens is 2. The molecule has 27 heavy (non-hydrogen) atoms. The quantitative estimate of drug-likeness (QED) is 0.371. The zero-order valence-electron chi connectivity index (χ0n) is 16.5. The Labute approximate surface area is 177 Å². The Hall–Kier alpha value is -1.68. The average Bonchev–Trinajstić information content (AvgIpc) is 3.11. The van der Waals surface area contributed by atoms with Crippen LogP contribution in [-0.2, 0) is 11.3 Å². The predicted octanol–water partition coefficient (Wildman–Crippen LogP) is 3.36. The molecule has 8 heteroatoms. The van der Waals surface area contributed by atoms with E-state index in [-0.39, 0.29) is 41.3 Å². The predicted molar refractivity (Wildman–Crippen MR) is 117 cm³/mol. The fourth-order valence-electron chi connectivity index (χ4n) is 2.61. The van der Waals surface area contributed by atoms with Crippen LogP contribution >= 0.6 is 24.0 Å². The number of hydrogen-bond acceptors (Lipinski definition) is 3. The molecule has 2 N–H and O–H groups in total. The van der Waals surface area contributed by atoms with Gasteiger partial charge in [-0.2, -0.15) is 0 Å². The average molecular weight is 489 g/mol. The van der Waals surface area contributed by atoms with Gasteiger partial charge < -0.3 is 19.9 Å². The summed E-state index contributed by atoms with van der Waals surface area (Å²) in [5.41, 5.74) is 1.32. The molecular weight excluding hydrogens is 460 g/mol. The number of ether oxygens (including phenoxy) is 1. The number of benzene rings is 1. The van der Waals surface area contributed by atoms with E-state index in [1.807, 2.05) is 6.07 Å². The Morgan fingerprint density at radius 1 is 1.33 bits per heavy atom. The second-order valence-corrected chi connectivity index (χ2v) is 7.15. The molecular formula is C19H29FIN5O. The van der Waals surface area contributed by atoms with Gasteiger partial charge in [0.15, 0.2) is 5.96 Å². The molecule has 0 aliphatic rings. The van der Waals surface area contributed by atoms with Gasteiger partial charge in [-0.3, -0.25) is 4.99 Å². The van der Waals surface area contributed by atoms with Crippen LogP contribution in [0.25, 0.3) is 5.69 Å². The van der Waals surface area contributed by atoms with Crippen molar-refractivity contribution in [2.24, 2.45) is 10.4 Å². The summed E-state index contributed by atoms with van der Waals surface area (Å²) in [6.45, 7) is 7.48. The molecule has 150 valence electrons. The lowest BCUT2D eigenvalue weighted by Gasteiger charge is -2.30. The van der Waals surface area contributed by atoms with Crippen molar-refractivity contribution in [1.82, 2.24) is 20.2 Å². The van der Waals surface area contributed by atoms with Crippen molar-refractivity contribution in [3.8, 4) is 5.69 Å². The summed E-state index contributed by atoms with van der Waals surface area (Å²) in [5, 5.41) is 6.45. The number of methoxy groups -OCH3 is 1. The van der Waals surface area contributed by atoms with Crippen LogP contribution in [0.4, 0.5) is 4.39 Å². The molecule has 2 aromatic rings. The van der Waals surface area contributed by atoms with E-state index < -0.39 is 0 Å². The normalized spacial score (nSPS) is 13.0. The van der Waals surface area contributed by atoms with Crippen molar-refractivity contribution in [2.75, 3.05) is 20.7 Å². The third-order valence-electron chi connectivity index (χ3n) is 4.18. The molecule has 6 nitrogen and oxygen atoms in total. The van der Waals surface area contributed by atoms with Crippen molar-refractivity contribution in [1.29, 1.82) is 0 Å². The number of rotatable bonds is 6. The van der Waals surface area contributed by atoms with Crippen LogP contribution < -0.4 is 10.6 Å². The van der Waals surface area contributed by atoms with Gasteiger partial charge in [-0.15, -0.1) is 24.0 Å². The first-order chi connectivity index (χ1) is 12.3. The summed E-state index contributed by atoms with van der Waals surface area (Å²) in [5.74, 6) is 0.354. The largest absolute Gasteiger partial charge is 0.379 e. The monoisotopic (exact) mass is 489 g/mol. The molecule has 1 atom stereocenters. The molecule has 0 spiro atoms. The third-order valence-corrected chi connectivity index (χ3v) is 4.18. The van der Waals surface area contributed by atoms with E-state index in [1.165, 1.54) is 6.07 Å². The van der Waals surface area contributed by atoms with E-state index >= 15 is 0 Å². The Bertz CT molecular complexity index is 728. The maximum atomic E-state index is 14.3. The molecule has 0 amide bonds. The fourth-order valence-corrected chi connectivity index (χ4v) is 2.61. The smallest absolute Gasteiger partial charge is 0.191 e. The van der Waals surface area contributed by atoms with Crippen LogP contribution in [0.1, 0.15) is 26.3 Å². The molecule has 1 unspecified atom stereocenters. The van der Waals surface area contributed by atoms with Gasteiger partial charge in [-0.1, -0.05) is 26.8 Å². The lowest BCUT2D eigenvalue weighted by atomic mass is 9.89. The minimum Gasteiger partial charge on any atom is -0.379 e. The number of nitrogens with one attached hydrogen (secondary N) is 2. The Balaban J connectivity index is 0.00000364. The molecule has 0 bridgehead atoms. The second-order valence-electron chi connectivity index (χ2n) is 7.15. The maximum Gasteiger partial charge on any atom is 0.191 e. The van der Waals surface area contributed by atoms with Gasteiger partial charge in [-0.05, 0) is 23.1 Å². The molecule has 0 radical (unpaired) electrons. The van der Waals surface area contributed by atoms with E-state index in [4.69, 9.17) is 4.74 Å². The van der Waals surface area contributed by atoms with Gasteiger partial charge in [0.05, 0.1) is 18.1 Å². The van der Waals surface area contributed by atoms with Gasteiger partial charge in [0.25, 0.3) is 0 Å². The molecule has 0 saturated heterocycles. The number of nitrogens with zero attached hydrogens (tertiary/aromatic N) is 3. The highest BCUT2D eigenvalue weighted by Gasteiger charge is 2.24. The van der Waals surface area contributed by atoms with Crippen LogP contribution in [0, 0.1) is 11.2 Å². The molecule has 0 aliphatic carbocycles. The van der Waals surface area contributed by atoms with Gasteiger partial charge >= 0.3 is 0 Å². The van der Waals surface area contributed by atoms with Crippen molar-refractivity contribution < 1.29 is 9.13 Å². The SMILES string of the molecule is CN=C(NCc1ccc(-n2ccnc2)c(F)c1)NCC(OC)C(C)(C)C.I. The Morgan fingerprint density at radius 2 is 2.07 bits per heavy atom. The van der Waals surface area contributed by atoms with Crippen LogP contribution in [0.2, 0.25) is 0 Å². The third kappa shape index (κ3) is 6.76. The molecule has 0 saturated carbocycles. The summed E-state index contributed by atoms with van der Waals surface area (Å²) >= 11 is 0. The summed E-state index contributed by atoms with van der Waals surface area (Å²) < 4.78 is 21.5. The second kappa shape index (κ2) is 10.6. The van der Waals surface area contributed by atoms with E-state index in [0.29, 0.717) is 24.7 Å². The standard InChI is InChI=1S/C19H28FN5O.HI/c1-19(2,3)17(26-5)12-24-18(21-4)23-11-14-6-7-16(15(20)10-14)25-9-8-22-13-25;/h6-10,13,17H,11-12H2,1-5H3,(H2,21,23,24);1H. The number of hydrogen-bond donors (Lipinski definition) is 2. The summed E-state index contributed by atoms with van der Waals surface area (Å²) in [4.78, 5) is 8.15. The highest BCUT2D eigenvalue weighted by atomic mass is 127. The van der Waals surface area contributed by atoms with Crippen molar-refractivity contribution in [3.63, 3.8) is 0 Å². The first kappa shape index (κ1) is 23.4. The molecule has 1 heterocycles. The minimum absolute atomic E-state index is 0. The Kier molecular flexibility index (Phi) is 9.17. The molecule has 1 aromatic heterocycles. The summed E-state index contributed by atoms with van der Waals surface area (Å²) in [7, 11) is 3.41. The lowest BCUT2D eigenvalue weighted by molar-refractivity contribution is 0.0205. The highest BCUT2D eigenvalue weighted by Crippen LogP contribution is 2.21. The van der Waals surface area contributed by atoms with Crippen LogP contribution in [-0.4, -0.2) is 42.3 Å². The van der Waals surface area contributed by atoms with E-state index in [0.717, 1.165) is 5.56 Å². The highest BCUT2D eigenvalue weighted by molar-refractivity contribution is 14.0. The summed E-state index contributed by atoms with van der Waals surface area (Å²) in [6, 6.07) is 5.14. The number of guanidine groups is 1. The zero-order chi connectivity index (χ0) is 19.2. The number of imidazole rings is 1. The minimum atomic E-state index is -0.294. The number of aliphatic imine (C=N–C) groups is 1. The molecule has 0 aliphatic heterocycles. The van der Waals surface area contributed by atoms with Gasteiger partial charge in [0.1, 0.15) is 5.82 Å². The van der Waals surface area contributed by atoms with Crippen LogP contribution in [0.15, 0.2) is 41.9 Å². The van der Waals surface area contributed by atoms with Gasteiger partial charge in [0.2, 0.25) is 0 Å². The Morgan fingerprint density at radius 3 is 2.59 bits per heavy atom. The lowest BCUT2D eigenvalue weighted by Crippen LogP contribution is -2.45. The first-order valence-electron chi connectivity index (χ1n) is 8.59. The van der Waals surface area contributed by atoms with Gasteiger partial charge in [0, 0.05) is 39.6 Å². The molecule has 0 fully saturated rings. The first-order valence-corrected chi connectivity index (χ1v) is 8.59.